The minimum absolute atomic E-state index is 0.0192. The van der Waals surface area contributed by atoms with Crippen LogP contribution in [-0.2, 0) is 56.8 Å². The summed E-state index contributed by atoms with van der Waals surface area (Å²) >= 11 is 29.8. The van der Waals surface area contributed by atoms with Crippen molar-refractivity contribution >= 4 is 173 Å². The molecule has 0 bridgehead atoms. The van der Waals surface area contributed by atoms with Gasteiger partial charge in [-0.25, -0.2) is 88.7 Å². The van der Waals surface area contributed by atoms with Crippen molar-refractivity contribution in [1.82, 2.24) is 35.8 Å². The van der Waals surface area contributed by atoms with Crippen LogP contribution < -0.4 is 0 Å². The molecule has 0 unspecified atom stereocenters. The van der Waals surface area contributed by atoms with Crippen LogP contribution in [0.15, 0.2) is 158 Å². The molecule has 8 heterocycles. The average Bonchev–Trinajstić information content (AvgIpc) is 4.35. The zero-order chi connectivity index (χ0) is 55.4. The molecule has 12 rings (SSSR count). The lowest BCUT2D eigenvalue weighted by molar-refractivity contribution is 0.0400. The molecule has 4 aliphatic heterocycles. The number of carbonyl (C=O) groups excluding carboxylic acids is 4. The molecule has 4 aliphatic rings. The summed E-state index contributed by atoms with van der Waals surface area (Å²) in [5.74, 6) is -4.01. The van der Waals surface area contributed by atoms with Crippen molar-refractivity contribution in [2.24, 2.45) is 0 Å². The third-order valence-corrected chi connectivity index (χ3v) is 26.3. The van der Waals surface area contributed by atoms with Gasteiger partial charge in [-0.2, -0.15) is 0 Å². The van der Waals surface area contributed by atoms with Crippen LogP contribution in [0.3, 0.4) is 0 Å². The summed E-state index contributed by atoms with van der Waals surface area (Å²) in [5.41, 5.74) is -3.66. The topological polar surface area (TPSA) is 313 Å². The fraction of sp³-hybridized carbons (Fsp3) is 0. The van der Waals surface area contributed by atoms with Gasteiger partial charge in [0.1, 0.15) is 19.6 Å². The standard InChI is InChI=1S/C41H18Cl4N8O16S9/c1-78(66-34(54)18-10-30-26(14-22(18)42)70-38-46-2-6-50(38)74(30,58)59,67-35(55)19-11-31-27(15-23(19)43)71-39-47-3-7-51(39)75(31,60)61,68-36(56)20-12-32-28(16-24(20)44)72-40-48-4-8-52(40)76(32,62)63)69-37(57)21-13-33-29(17-25(21)45)73-41-49-5-9-53(41)77(33,64)65/h2-17H,1H2. The van der Waals surface area contributed by atoms with Crippen LogP contribution in [0.2, 0.25) is 20.1 Å². The predicted molar refractivity (Wildman–Crippen MR) is 278 cm³/mol. The van der Waals surface area contributed by atoms with Crippen molar-refractivity contribution in [3.63, 3.8) is 0 Å². The van der Waals surface area contributed by atoms with E-state index in [2.05, 4.69) is 25.8 Å². The molecule has 37 heteroatoms. The number of rotatable bonds is 8. The van der Waals surface area contributed by atoms with E-state index in [1.807, 2.05) is 0 Å². The fourth-order valence-electron chi connectivity index (χ4n) is 7.71. The molecule has 0 spiro atoms. The van der Waals surface area contributed by atoms with Crippen molar-refractivity contribution < 1.29 is 69.6 Å². The van der Waals surface area contributed by atoms with E-state index in [9.17, 15) is 52.8 Å². The molecular formula is C41H18Cl4N8O16S9. The third-order valence-electron chi connectivity index (χ3n) is 11.2. The number of imidazole rings is 4. The van der Waals surface area contributed by atoms with Gasteiger partial charge in [0.2, 0.25) is 0 Å². The van der Waals surface area contributed by atoms with Crippen molar-refractivity contribution in [2.45, 2.75) is 59.8 Å². The molecule has 8 aromatic rings. The predicted octanol–water partition coefficient (Wildman–Crippen LogP) is 8.05. The lowest BCUT2D eigenvalue weighted by Crippen LogP contribution is -2.32. The van der Waals surface area contributed by atoms with Crippen LogP contribution >= 0.6 is 103 Å². The van der Waals surface area contributed by atoms with E-state index in [1.165, 1.54) is 24.8 Å². The monoisotopic (exact) mass is 1310 g/mol. The van der Waals surface area contributed by atoms with Gasteiger partial charge in [0.15, 0.2) is 20.6 Å². The van der Waals surface area contributed by atoms with E-state index in [-0.39, 0.29) is 40.2 Å². The number of carbonyl (C=O) groups is 4. The molecule has 0 atom stereocenters. The maximum Gasteiger partial charge on any atom is 0.357 e. The molecule has 0 amide bonds. The highest BCUT2D eigenvalue weighted by Crippen LogP contribution is 2.64. The number of hydrogen-bond donors (Lipinski definition) is 0. The van der Waals surface area contributed by atoms with E-state index in [4.69, 9.17) is 63.1 Å². The Bertz CT molecular complexity index is 4120. The second-order valence-corrected chi connectivity index (χ2v) is 31.2. The molecule has 0 saturated heterocycles. The van der Waals surface area contributed by atoms with Gasteiger partial charge < -0.3 is 16.7 Å². The zero-order valence-corrected chi connectivity index (χ0v) is 47.6. The Morgan fingerprint density at radius 3 is 0.808 bits per heavy atom. The lowest BCUT2D eigenvalue weighted by Gasteiger charge is -2.42. The Hall–Kier alpha value is -5.82. The normalized spacial score (nSPS) is 16.8. The van der Waals surface area contributed by atoms with Crippen molar-refractivity contribution in [3.8, 4) is 0 Å². The summed E-state index contributed by atoms with van der Waals surface area (Å²) in [6, 6.07) is 6.89. The Morgan fingerprint density at radius 2 is 0.603 bits per heavy atom. The SMILES string of the molecule is C=S(OC(=O)c1cc2c(cc1Cl)Sc1nccn1S2(=O)=O)(OC(=O)c1cc2c(cc1Cl)Sc1nccn1S2(=O)=O)(OC(=O)c1cc2c(cc1Cl)Sc1nccn1S2(=O)=O)OC(=O)c1cc2c(cc1Cl)Sc1nccn1S2(=O)=O. The highest BCUT2D eigenvalue weighted by molar-refractivity contribution is 8.32. The zero-order valence-electron chi connectivity index (χ0n) is 37.2. The second-order valence-electron chi connectivity index (χ2n) is 15.9. The first kappa shape index (κ1) is 52.9. The lowest BCUT2D eigenvalue weighted by atomic mass is 10.2. The number of aromatic nitrogens is 8. The van der Waals surface area contributed by atoms with Crippen molar-refractivity contribution in [2.75, 3.05) is 0 Å². The summed E-state index contributed by atoms with van der Waals surface area (Å²) in [7, 11) is -25.4. The Balaban J connectivity index is 1.04. The molecule has 4 aromatic carbocycles. The molecule has 24 nitrogen and oxygen atoms in total. The molecule has 0 aliphatic carbocycles. The van der Waals surface area contributed by atoms with Gasteiger partial charge in [-0.3, -0.25) is 0 Å². The van der Waals surface area contributed by atoms with Crippen LogP contribution in [0.4, 0.5) is 0 Å². The molecule has 0 saturated carbocycles. The van der Waals surface area contributed by atoms with Gasteiger partial charge in [-0.15, -0.1) is 0 Å². The Morgan fingerprint density at radius 1 is 0.397 bits per heavy atom. The highest BCUT2D eigenvalue weighted by atomic mass is 35.5. The number of nitrogens with zero attached hydrogens (tertiary/aromatic N) is 8. The first-order valence-electron chi connectivity index (χ1n) is 20.7. The summed E-state index contributed by atoms with van der Waals surface area (Å²) in [6.45, 7) is 0. The molecule has 0 N–H and O–H groups in total. The summed E-state index contributed by atoms with van der Waals surface area (Å²) in [6.07, 6.45) is 9.13. The fourth-order valence-corrected chi connectivity index (χ4v) is 22.3. The van der Waals surface area contributed by atoms with Crippen LogP contribution in [0.1, 0.15) is 41.4 Å². The maximum absolute atomic E-state index is 15.0. The summed E-state index contributed by atoms with van der Waals surface area (Å²) < 4.78 is 137. The van der Waals surface area contributed by atoms with Crippen LogP contribution in [0, 0.1) is 0 Å². The number of hydrogen-bond acceptors (Lipinski definition) is 24. The van der Waals surface area contributed by atoms with Crippen LogP contribution in [0.25, 0.3) is 0 Å². The van der Waals surface area contributed by atoms with Crippen molar-refractivity contribution in [3.05, 3.63) is 140 Å². The number of halogens is 4. The van der Waals surface area contributed by atoms with Gasteiger partial charge in [-0.1, -0.05) is 46.4 Å². The second kappa shape index (κ2) is 17.8. The minimum atomic E-state index is -7.06. The quantitative estimate of drug-likeness (QED) is 0.130. The van der Waals surface area contributed by atoms with Crippen molar-refractivity contribution in [1.29, 1.82) is 0 Å². The third kappa shape index (κ3) is 8.22. The largest absolute Gasteiger partial charge is 0.357 e. The van der Waals surface area contributed by atoms with Gasteiger partial charge >= 0.3 is 23.9 Å². The summed E-state index contributed by atoms with van der Waals surface area (Å²) in [5, 5.41) is -2.45. The van der Waals surface area contributed by atoms with Gasteiger partial charge in [0.25, 0.3) is 50.0 Å². The van der Waals surface area contributed by atoms with E-state index in [0.29, 0.717) is 24.3 Å². The van der Waals surface area contributed by atoms with Crippen LogP contribution in [0.5, 0.6) is 0 Å². The number of benzene rings is 4. The van der Waals surface area contributed by atoms with Gasteiger partial charge in [0.05, 0.1) is 42.3 Å². The van der Waals surface area contributed by atoms with E-state index >= 15 is 0 Å². The summed E-state index contributed by atoms with van der Waals surface area (Å²) in [4.78, 5) is 73.4. The van der Waals surface area contributed by atoms with Gasteiger partial charge in [-0.05, 0) is 95.6 Å². The first-order chi connectivity index (χ1) is 36.7. The molecule has 0 fully saturated rings. The van der Waals surface area contributed by atoms with E-state index in [1.54, 1.807) is 0 Å². The van der Waals surface area contributed by atoms with Crippen LogP contribution in [-0.4, -0.2) is 99.2 Å². The van der Waals surface area contributed by atoms with Gasteiger partial charge in [0, 0.05) is 75.0 Å². The smallest absolute Gasteiger partial charge is 0.327 e. The maximum atomic E-state index is 15.0. The first-order valence-corrected chi connectivity index (χ1v) is 33.1. The number of fused-ring (bicyclic) bond motifs is 8. The van der Waals surface area contributed by atoms with E-state index in [0.717, 1.165) is 112 Å². The Kier molecular flexibility index (Phi) is 12.1. The molecule has 400 valence electrons. The Labute approximate surface area is 474 Å². The molecular weight excluding hydrogens is 1290 g/mol. The minimum Gasteiger partial charge on any atom is -0.327 e. The highest BCUT2D eigenvalue weighted by Gasteiger charge is 2.50. The molecule has 0 radical (unpaired) electrons. The van der Waals surface area contributed by atoms with E-state index < -0.39 is 136 Å². The average molecular weight is 1310 g/mol. The molecule has 4 aromatic heterocycles. The molecule has 78 heavy (non-hydrogen) atoms.